The van der Waals surface area contributed by atoms with Crippen LogP contribution in [-0.2, 0) is 23.8 Å². The van der Waals surface area contributed by atoms with Gasteiger partial charge in [0.1, 0.15) is 18.9 Å². The van der Waals surface area contributed by atoms with Crippen LogP contribution in [0.4, 0.5) is 0 Å². The number of aliphatic hydroxyl groups is 2. The summed E-state index contributed by atoms with van der Waals surface area (Å²) in [7, 11) is 1.81. The van der Waals surface area contributed by atoms with E-state index in [0.717, 1.165) is 44.9 Å². The quantitative estimate of drug-likeness (QED) is 0.403. The molecule has 6 unspecified atom stereocenters. The van der Waals surface area contributed by atoms with Crippen molar-refractivity contribution in [1.82, 2.24) is 10.4 Å². The highest BCUT2D eigenvalue weighted by atomic mass is 16.7. The predicted molar refractivity (Wildman–Crippen MR) is 152 cm³/mol. The molecule has 0 spiro atoms. The zero-order valence-electron chi connectivity index (χ0n) is 25.7. The Morgan fingerprint density at radius 3 is 2.56 bits per heavy atom. The molecule has 2 bridgehead atoms. The largest absolute Gasteiger partial charge is 0.394 e. The number of fused-ring (bicyclic) bond motifs is 3. The SMILES string of the molecule is COC1C(CN2O[C@@H](CO)[C@@H]([C@H](C)O)[C@H]2C(=O)N[C@H]2C[C@H]3C[C@@H]([C@@H]2C)C3(C)C)CCCC1C1CCCC2OCOC21. The maximum atomic E-state index is 14.1. The second-order valence-corrected chi connectivity index (χ2v) is 14.9. The number of carbonyl (C=O) groups excluding carboxylic acids is 1. The topological polar surface area (TPSA) is 110 Å². The summed E-state index contributed by atoms with van der Waals surface area (Å²) in [6, 6.07) is -0.531. The van der Waals surface area contributed by atoms with Crippen LogP contribution in [-0.4, -0.2) is 90.8 Å². The van der Waals surface area contributed by atoms with Gasteiger partial charge in [0, 0.05) is 31.5 Å². The normalized spacial score (nSPS) is 48.3. The molecule has 0 aromatic carbocycles. The number of hydroxylamine groups is 2. The van der Waals surface area contributed by atoms with Crippen LogP contribution >= 0.6 is 0 Å². The molecule has 41 heavy (non-hydrogen) atoms. The van der Waals surface area contributed by atoms with Gasteiger partial charge < -0.3 is 29.7 Å². The van der Waals surface area contributed by atoms with Crippen molar-refractivity contribution < 1.29 is 34.1 Å². The van der Waals surface area contributed by atoms with Gasteiger partial charge in [-0.05, 0) is 80.5 Å². The lowest BCUT2D eigenvalue weighted by atomic mass is 9.45. The zero-order chi connectivity index (χ0) is 29.1. The summed E-state index contributed by atoms with van der Waals surface area (Å²) in [5, 5.41) is 26.2. The van der Waals surface area contributed by atoms with Crippen molar-refractivity contribution in [2.45, 2.75) is 122 Å². The van der Waals surface area contributed by atoms with Gasteiger partial charge in [0.2, 0.25) is 5.91 Å². The van der Waals surface area contributed by atoms with Crippen LogP contribution in [0.1, 0.15) is 79.1 Å². The Bertz CT molecular complexity index is 932. The molecule has 0 radical (unpaired) electrons. The minimum absolute atomic E-state index is 0.0231. The third-order valence-corrected chi connectivity index (χ3v) is 12.7. The van der Waals surface area contributed by atoms with E-state index in [0.29, 0.717) is 48.3 Å². The molecule has 2 saturated heterocycles. The fourth-order valence-electron chi connectivity index (χ4n) is 10.3. The number of rotatable bonds is 8. The van der Waals surface area contributed by atoms with Crippen molar-refractivity contribution in [3.05, 3.63) is 0 Å². The maximum Gasteiger partial charge on any atom is 0.240 e. The van der Waals surface area contributed by atoms with E-state index in [1.54, 1.807) is 12.0 Å². The molecule has 9 nitrogen and oxygen atoms in total. The molecule has 2 heterocycles. The van der Waals surface area contributed by atoms with Crippen LogP contribution in [0.15, 0.2) is 0 Å². The number of amides is 1. The van der Waals surface area contributed by atoms with E-state index in [4.69, 9.17) is 19.0 Å². The summed E-state index contributed by atoms with van der Waals surface area (Å²) in [6.45, 7) is 9.40. The van der Waals surface area contributed by atoms with Crippen LogP contribution in [0, 0.1) is 46.8 Å². The van der Waals surface area contributed by atoms with Crippen molar-refractivity contribution in [3.63, 3.8) is 0 Å². The van der Waals surface area contributed by atoms with Crippen LogP contribution in [0.5, 0.6) is 0 Å². The first-order valence-corrected chi connectivity index (χ1v) is 16.4. The Morgan fingerprint density at radius 1 is 1.12 bits per heavy atom. The van der Waals surface area contributed by atoms with Gasteiger partial charge in [0.25, 0.3) is 0 Å². The second-order valence-electron chi connectivity index (χ2n) is 14.9. The first-order valence-electron chi connectivity index (χ1n) is 16.4. The van der Waals surface area contributed by atoms with Crippen molar-refractivity contribution in [2.75, 3.05) is 27.1 Å². The number of ether oxygens (including phenoxy) is 3. The number of hydrogen-bond donors (Lipinski definition) is 3. The highest BCUT2D eigenvalue weighted by Crippen LogP contribution is 2.61. The molecule has 7 rings (SSSR count). The summed E-state index contributed by atoms with van der Waals surface area (Å²) in [4.78, 5) is 20.4. The molecular formula is C32H54N2O7. The summed E-state index contributed by atoms with van der Waals surface area (Å²) in [6.07, 6.45) is 7.72. The number of carbonyl (C=O) groups is 1. The number of aliphatic hydroxyl groups excluding tert-OH is 2. The van der Waals surface area contributed by atoms with Crippen LogP contribution < -0.4 is 5.32 Å². The Kier molecular flexibility index (Phi) is 8.80. The zero-order valence-corrected chi connectivity index (χ0v) is 25.7. The van der Waals surface area contributed by atoms with Gasteiger partial charge in [-0.2, -0.15) is 5.06 Å². The van der Waals surface area contributed by atoms with Gasteiger partial charge in [0.05, 0.1) is 31.0 Å². The minimum atomic E-state index is -0.792. The van der Waals surface area contributed by atoms with Crippen molar-refractivity contribution in [1.29, 1.82) is 0 Å². The van der Waals surface area contributed by atoms with Crippen molar-refractivity contribution in [2.24, 2.45) is 46.8 Å². The minimum Gasteiger partial charge on any atom is -0.394 e. The molecule has 0 aromatic rings. The Morgan fingerprint density at radius 2 is 1.88 bits per heavy atom. The third-order valence-electron chi connectivity index (χ3n) is 12.7. The summed E-state index contributed by atoms with van der Waals surface area (Å²) >= 11 is 0. The lowest BCUT2D eigenvalue weighted by Gasteiger charge is -2.62. The number of hydrogen-bond acceptors (Lipinski definition) is 8. The molecule has 1 amide bonds. The molecule has 9 heteroatoms. The van der Waals surface area contributed by atoms with Gasteiger partial charge in [-0.1, -0.05) is 33.6 Å². The molecule has 234 valence electrons. The standard InChI is InChI=1S/C32H54N2O7/c1-17-23-12-20(32(23,3)4)13-24(17)33-31(37)28-27(18(2)36)26(15-35)41-34(28)14-19-8-6-9-21(29(19)38-5)22-10-7-11-25-30(22)40-16-39-25/h17-30,35-36H,6-16H2,1-5H3,(H,33,37)/t17-,18-,19?,20+,21?,22?,23-,24-,25?,26-,27+,28-,29?,30?/m0/s1. The Hall–Kier alpha value is -0.810. The molecule has 5 saturated carbocycles. The van der Waals surface area contributed by atoms with Gasteiger partial charge >= 0.3 is 0 Å². The molecule has 7 aliphatic rings. The lowest BCUT2D eigenvalue weighted by molar-refractivity contribution is -0.194. The van der Waals surface area contributed by atoms with E-state index in [-0.39, 0.29) is 42.8 Å². The lowest BCUT2D eigenvalue weighted by Crippen LogP contribution is -2.62. The monoisotopic (exact) mass is 578 g/mol. The van der Waals surface area contributed by atoms with E-state index in [1.165, 1.54) is 6.42 Å². The van der Waals surface area contributed by atoms with Crippen molar-refractivity contribution in [3.8, 4) is 0 Å². The Labute approximate surface area is 245 Å². The highest BCUT2D eigenvalue weighted by Gasteiger charge is 2.58. The van der Waals surface area contributed by atoms with Gasteiger partial charge in [0.15, 0.2) is 0 Å². The molecule has 14 atom stereocenters. The number of nitrogens with zero attached hydrogens (tertiary/aromatic N) is 1. The summed E-state index contributed by atoms with van der Waals surface area (Å²) < 4.78 is 18.2. The highest BCUT2D eigenvalue weighted by molar-refractivity contribution is 5.82. The van der Waals surface area contributed by atoms with Crippen molar-refractivity contribution >= 4 is 5.91 Å². The second kappa shape index (κ2) is 11.9. The molecule has 2 aliphatic heterocycles. The van der Waals surface area contributed by atoms with E-state index >= 15 is 0 Å². The first kappa shape index (κ1) is 30.2. The average molecular weight is 579 g/mol. The van der Waals surface area contributed by atoms with Crippen LogP contribution in [0.2, 0.25) is 0 Å². The van der Waals surface area contributed by atoms with E-state index in [1.807, 2.05) is 7.11 Å². The van der Waals surface area contributed by atoms with Gasteiger partial charge in [-0.15, -0.1) is 0 Å². The van der Waals surface area contributed by atoms with Crippen LogP contribution in [0.25, 0.3) is 0 Å². The summed E-state index contributed by atoms with van der Waals surface area (Å²) in [5.74, 6) is 2.01. The van der Waals surface area contributed by atoms with E-state index in [9.17, 15) is 15.0 Å². The molecule has 0 aromatic heterocycles. The predicted octanol–water partition coefficient (Wildman–Crippen LogP) is 3.12. The van der Waals surface area contributed by atoms with Crippen LogP contribution in [0.3, 0.4) is 0 Å². The van der Waals surface area contributed by atoms with E-state index in [2.05, 4.69) is 26.1 Å². The van der Waals surface area contributed by atoms with Gasteiger partial charge in [-0.3, -0.25) is 9.63 Å². The number of nitrogens with one attached hydrogen (secondary N) is 1. The first-order chi connectivity index (χ1) is 19.6. The molecule has 3 N–H and O–H groups in total. The fourth-order valence-corrected chi connectivity index (χ4v) is 10.3. The summed E-state index contributed by atoms with van der Waals surface area (Å²) in [5.41, 5.74) is 0.341. The molecular weight excluding hydrogens is 524 g/mol. The third kappa shape index (κ3) is 5.29. The maximum absolute atomic E-state index is 14.1. The molecule has 5 aliphatic carbocycles. The smallest absolute Gasteiger partial charge is 0.240 e. The van der Waals surface area contributed by atoms with E-state index < -0.39 is 24.2 Å². The molecule has 7 fully saturated rings. The fraction of sp³-hybridized carbons (Fsp3) is 0.969. The Balaban J connectivity index is 1.19. The van der Waals surface area contributed by atoms with Gasteiger partial charge in [-0.25, -0.2) is 0 Å². The number of methoxy groups -OCH3 is 1. The average Bonchev–Trinajstić information content (AvgIpc) is 3.58.